The number of halogens is 1. The molecule has 3 heteroatoms. The van der Waals surface area contributed by atoms with Crippen LogP contribution in [0.5, 0.6) is 5.75 Å². The van der Waals surface area contributed by atoms with Gasteiger partial charge >= 0.3 is 0 Å². The lowest BCUT2D eigenvalue weighted by atomic mass is 10.2. The van der Waals surface area contributed by atoms with E-state index in [-0.39, 0.29) is 0 Å². The predicted octanol–water partition coefficient (Wildman–Crippen LogP) is 2.28. The molecule has 0 amide bonds. The SMILES string of the molecule is CCOc1ccc(C(N)Cl)cc1. The Morgan fingerprint density at radius 1 is 1.42 bits per heavy atom. The first-order valence-corrected chi connectivity index (χ1v) is 4.30. The fourth-order valence-corrected chi connectivity index (χ4v) is 1.06. The summed E-state index contributed by atoms with van der Waals surface area (Å²) < 4.78 is 5.26. The molecule has 0 aliphatic carbocycles. The summed E-state index contributed by atoms with van der Waals surface area (Å²) in [4.78, 5) is 0. The van der Waals surface area contributed by atoms with Crippen LogP contribution in [0.3, 0.4) is 0 Å². The summed E-state index contributed by atoms with van der Waals surface area (Å²) in [5.74, 6) is 0.846. The molecule has 12 heavy (non-hydrogen) atoms. The number of ether oxygens (including phenoxy) is 1. The molecule has 0 bridgehead atoms. The van der Waals surface area contributed by atoms with Crippen molar-refractivity contribution in [3.8, 4) is 5.75 Å². The van der Waals surface area contributed by atoms with Gasteiger partial charge in [-0.25, -0.2) is 0 Å². The molecule has 0 aliphatic heterocycles. The molecule has 0 aliphatic rings. The molecular weight excluding hydrogens is 174 g/mol. The number of benzene rings is 1. The maximum absolute atomic E-state index is 5.67. The summed E-state index contributed by atoms with van der Waals surface area (Å²) >= 11 is 5.67. The highest BCUT2D eigenvalue weighted by molar-refractivity contribution is 6.20. The van der Waals surface area contributed by atoms with E-state index in [0.29, 0.717) is 6.61 Å². The van der Waals surface area contributed by atoms with E-state index in [4.69, 9.17) is 22.1 Å². The van der Waals surface area contributed by atoms with Gasteiger partial charge in [0.05, 0.1) is 6.61 Å². The van der Waals surface area contributed by atoms with Crippen LogP contribution in [0.2, 0.25) is 0 Å². The second kappa shape index (κ2) is 4.33. The van der Waals surface area contributed by atoms with Gasteiger partial charge in [0.2, 0.25) is 0 Å². The Morgan fingerprint density at radius 3 is 2.42 bits per heavy atom. The van der Waals surface area contributed by atoms with E-state index in [9.17, 15) is 0 Å². The van der Waals surface area contributed by atoms with Crippen LogP contribution < -0.4 is 10.5 Å². The number of hydrogen-bond donors (Lipinski definition) is 1. The summed E-state index contributed by atoms with van der Waals surface area (Å²) in [6.45, 7) is 2.62. The summed E-state index contributed by atoms with van der Waals surface area (Å²) in [5.41, 5.74) is 5.94. The molecule has 0 fully saturated rings. The van der Waals surface area contributed by atoms with Gasteiger partial charge in [0.15, 0.2) is 0 Å². The summed E-state index contributed by atoms with van der Waals surface area (Å²) in [7, 11) is 0. The van der Waals surface area contributed by atoms with Gasteiger partial charge < -0.3 is 10.5 Å². The second-order valence-electron chi connectivity index (χ2n) is 2.40. The molecular formula is C9H12ClNO. The normalized spacial score (nSPS) is 12.6. The van der Waals surface area contributed by atoms with Crippen LogP contribution in [0.25, 0.3) is 0 Å². The summed E-state index contributed by atoms with van der Waals surface area (Å²) in [6, 6.07) is 7.45. The fraction of sp³-hybridized carbons (Fsp3) is 0.333. The Hall–Kier alpha value is -0.730. The summed E-state index contributed by atoms with van der Waals surface area (Å²) in [5, 5.41) is 0. The minimum Gasteiger partial charge on any atom is -0.494 e. The van der Waals surface area contributed by atoms with Crippen molar-refractivity contribution in [2.75, 3.05) is 6.61 Å². The Morgan fingerprint density at radius 2 is 2.00 bits per heavy atom. The first kappa shape index (κ1) is 9.36. The zero-order valence-corrected chi connectivity index (χ0v) is 7.71. The monoisotopic (exact) mass is 185 g/mol. The Kier molecular flexibility index (Phi) is 3.38. The molecule has 1 aromatic carbocycles. The standard InChI is InChI=1S/C9H12ClNO/c1-2-12-8-5-3-7(4-6-8)9(10)11/h3-6,9H,2,11H2,1H3. The van der Waals surface area contributed by atoms with E-state index in [0.717, 1.165) is 11.3 Å². The van der Waals surface area contributed by atoms with E-state index < -0.39 is 5.50 Å². The van der Waals surface area contributed by atoms with Gasteiger partial charge in [0, 0.05) is 0 Å². The Bertz CT molecular complexity index is 233. The molecule has 1 unspecified atom stereocenters. The van der Waals surface area contributed by atoms with Crippen LogP contribution in [-0.4, -0.2) is 6.61 Å². The summed E-state index contributed by atoms with van der Waals surface area (Å²) in [6.07, 6.45) is 0. The van der Waals surface area contributed by atoms with Gasteiger partial charge in [0.25, 0.3) is 0 Å². The molecule has 0 saturated carbocycles. The van der Waals surface area contributed by atoms with Crippen LogP contribution in [0.15, 0.2) is 24.3 Å². The largest absolute Gasteiger partial charge is 0.494 e. The predicted molar refractivity (Wildman–Crippen MR) is 50.4 cm³/mol. The molecule has 0 heterocycles. The van der Waals surface area contributed by atoms with Gasteiger partial charge in [-0.2, -0.15) is 0 Å². The van der Waals surface area contributed by atoms with Crippen molar-refractivity contribution in [1.29, 1.82) is 0 Å². The topological polar surface area (TPSA) is 35.2 Å². The van der Waals surface area contributed by atoms with Gasteiger partial charge in [-0.3, -0.25) is 0 Å². The molecule has 1 aromatic rings. The number of alkyl halides is 1. The van der Waals surface area contributed by atoms with Crippen molar-refractivity contribution in [3.63, 3.8) is 0 Å². The average Bonchev–Trinajstić information content (AvgIpc) is 2.06. The Labute approximate surface area is 77.3 Å². The van der Waals surface area contributed by atoms with E-state index in [1.165, 1.54) is 0 Å². The second-order valence-corrected chi connectivity index (χ2v) is 2.87. The first-order chi connectivity index (χ1) is 5.74. The lowest BCUT2D eigenvalue weighted by molar-refractivity contribution is 0.340. The third-order valence-corrected chi connectivity index (χ3v) is 1.76. The smallest absolute Gasteiger partial charge is 0.119 e. The van der Waals surface area contributed by atoms with Crippen molar-refractivity contribution in [2.24, 2.45) is 5.73 Å². The van der Waals surface area contributed by atoms with Crippen LogP contribution in [-0.2, 0) is 0 Å². The third kappa shape index (κ3) is 2.40. The highest BCUT2D eigenvalue weighted by Crippen LogP contribution is 2.18. The van der Waals surface area contributed by atoms with E-state index in [1.54, 1.807) is 0 Å². The van der Waals surface area contributed by atoms with Gasteiger partial charge in [-0.15, -0.1) is 11.6 Å². The zero-order chi connectivity index (χ0) is 8.97. The lowest BCUT2D eigenvalue weighted by Gasteiger charge is -2.05. The van der Waals surface area contributed by atoms with Crippen molar-refractivity contribution < 1.29 is 4.74 Å². The van der Waals surface area contributed by atoms with Crippen molar-refractivity contribution in [1.82, 2.24) is 0 Å². The molecule has 0 radical (unpaired) electrons. The zero-order valence-electron chi connectivity index (χ0n) is 6.96. The van der Waals surface area contributed by atoms with Crippen LogP contribution in [0, 0.1) is 0 Å². The average molecular weight is 186 g/mol. The quantitative estimate of drug-likeness (QED) is 0.579. The van der Waals surface area contributed by atoms with Crippen molar-refractivity contribution >= 4 is 11.6 Å². The van der Waals surface area contributed by atoms with Crippen molar-refractivity contribution in [3.05, 3.63) is 29.8 Å². The third-order valence-electron chi connectivity index (χ3n) is 1.51. The number of rotatable bonds is 3. The maximum Gasteiger partial charge on any atom is 0.119 e. The molecule has 1 atom stereocenters. The number of nitrogens with two attached hydrogens (primary N) is 1. The molecule has 0 saturated heterocycles. The van der Waals surface area contributed by atoms with Crippen LogP contribution >= 0.6 is 11.6 Å². The van der Waals surface area contributed by atoms with Gasteiger partial charge in [0.1, 0.15) is 11.3 Å². The fourth-order valence-electron chi connectivity index (χ4n) is 0.915. The molecule has 2 N–H and O–H groups in total. The van der Waals surface area contributed by atoms with Crippen LogP contribution in [0.4, 0.5) is 0 Å². The molecule has 66 valence electrons. The molecule has 0 spiro atoms. The van der Waals surface area contributed by atoms with E-state index >= 15 is 0 Å². The maximum atomic E-state index is 5.67. The lowest BCUT2D eigenvalue weighted by Crippen LogP contribution is -2.01. The van der Waals surface area contributed by atoms with Gasteiger partial charge in [-0.1, -0.05) is 12.1 Å². The minimum absolute atomic E-state index is 0.430. The van der Waals surface area contributed by atoms with E-state index in [2.05, 4.69) is 0 Å². The Balaban J connectivity index is 2.71. The minimum atomic E-state index is -0.430. The molecule has 0 aromatic heterocycles. The van der Waals surface area contributed by atoms with Gasteiger partial charge in [-0.05, 0) is 24.6 Å². The van der Waals surface area contributed by atoms with Crippen molar-refractivity contribution in [2.45, 2.75) is 12.4 Å². The highest BCUT2D eigenvalue weighted by atomic mass is 35.5. The number of hydrogen-bond acceptors (Lipinski definition) is 2. The molecule has 1 rings (SSSR count). The first-order valence-electron chi connectivity index (χ1n) is 3.86. The molecule has 2 nitrogen and oxygen atoms in total. The highest BCUT2D eigenvalue weighted by Gasteiger charge is 2.00. The van der Waals surface area contributed by atoms with E-state index in [1.807, 2.05) is 31.2 Å². The van der Waals surface area contributed by atoms with Crippen LogP contribution in [0.1, 0.15) is 18.0 Å².